The average Bonchev–Trinajstić information content (AvgIpc) is 3.98. The zero-order chi connectivity index (χ0) is 39.8. The second kappa shape index (κ2) is 12.3. The Kier molecular flexibility index (Phi) is 6.68. The van der Waals surface area contributed by atoms with Crippen LogP contribution in [-0.4, -0.2) is 19.1 Å². The molecule has 0 saturated heterocycles. The number of para-hydroxylation sites is 2. The molecule has 4 aromatic heterocycles. The highest BCUT2D eigenvalue weighted by Crippen LogP contribution is 2.47. The van der Waals surface area contributed by atoms with Crippen LogP contribution in [0.4, 0.5) is 0 Å². The summed E-state index contributed by atoms with van der Waals surface area (Å²) in [6.07, 6.45) is 0. The number of fused-ring (bicyclic) bond motifs is 17. The van der Waals surface area contributed by atoms with E-state index in [1.807, 2.05) is 0 Å². The predicted molar refractivity (Wildman–Crippen MR) is 259 cm³/mol. The highest BCUT2D eigenvalue weighted by atomic mass is 32.1. The first-order chi connectivity index (χ1) is 30.3. The third-order valence-electron chi connectivity index (χ3n) is 12.9. The summed E-state index contributed by atoms with van der Waals surface area (Å²) in [5, 5.41) is 15.8. The minimum absolute atomic E-state index is 0.662. The van der Waals surface area contributed by atoms with Crippen LogP contribution in [0.2, 0.25) is 0 Å². The Morgan fingerprint density at radius 3 is 1.77 bits per heavy atom. The summed E-state index contributed by atoms with van der Waals surface area (Å²) in [5.41, 5.74) is 8.62. The van der Waals surface area contributed by atoms with Crippen LogP contribution in [0, 0.1) is 0 Å². The lowest BCUT2D eigenvalue weighted by molar-refractivity contribution is 1.02. The third-order valence-corrected chi connectivity index (χ3v) is 14.0. The van der Waals surface area contributed by atoms with E-state index in [1.165, 1.54) is 74.9 Å². The predicted octanol–water partition coefficient (Wildman–Crippen LogP) is 15.3. The van der Waals surface area contributed by atoms with Crippen molar-refractivity contribution < 1.29 is 0 Å². The van der Waals surface area contributed by atoms with Gasteiger partial charge in [0.15, 0.2) is 0 Å². The molecule has 0 amide bonds. The quantitative estimate of drug-likeness (QED) is 0.167. The first kappa shape index (κ1) is 33.0. The van der Waals surface area contributed by atoms with Crippen LogP contribution < -0.4 is 0 Å². The second-order valence-electron chi connectivity index (χ2n) is 16.1. The van der Waals surface area contributed by atoms with Gasteiger partial charge in [0.05, 0.1) is 38.0 Å². The number of nitrogens with zero attached hydrogens (tertiary/aromatic N) is 4. The van der Waals surface area contributed by atoms with E-state index in [0.717, 1.165) is 49.1 Å². The van der Waals surface area contributed by atoms with Gasteiger partial charge in [-0.1, -0.05) is 146 Å². The van der Waals surface area contributed by atoms with E-state index >= 15 is 0 Å². The molecule has 0 fully saturated rings. The summed E-state index contributed by atoms with van der Waals surface area (Å²) in [6.45, 7) is 0. The first-order valence-corrected chi connectivity index (χ1v) is 21.6. The summed E-state index contributed by atoms with van der Waals surface area (Å²) in [5.74, 6) is 0.662. The SMILES string of the molecule is c1ccc(-n2c3ccccc3c3c(-c4nc(-n5c6cc7ccccc7cc6c6c7c8ccccc8c8ccccc8c7ccc65)nc5c4sc4ccccc45)cccc32)cc1. The fourth-order valence-electron chi connectivity index (χ4n) is 10.3. The van der Waals surface area contributed by atoms with Crippen LogP contribution in [-0.2, 0) is 0 Å². The molecule has 14 aromatic rings. The van der Waals surface area contributed by atoms with Gasteiger partial charge in [-0.25, -0.2) is 9.97 Å². The van der Waals surface area contributed by atoms with Crippen LogP contribution >= 0.6 is 11.3 Å². The van der Waals surface area contributed by atoms with Crippen molar-refractivity contribution in [3.05, 3.63) is 194 Å². The molecule has 0 N–H and O–H groups in total. The van der Waals surface area contributed by atoms with Gasteiger partial charge in [0, 0.05) is 48.3 Å². The topological polar surface area (TPSA) is 35.6 Å². The van der Waals surface area contributed by atoms with Gasteiger partial charge in [0.1, 0.15) is 0 Å². The molecule has 0 saturated carbocycles. The minimum atomic E-state index is 0.662. The monoisotopic (exact) mass is 792 g/mol. The summed E-state index contributed by atoms with van der Waals surface area (Å²) in [4.78, 5) is 11.4. The zero-order valence-corrected chi connectivity index (χ0v) is 33.5. The number of hydrogen-bond donors (Lipinski definition) is 0. The third kappa shape index (κ3) is 4.53. The highest BCUT2D eigenvalue weighted by Gasteiger charge is 2.25. The maximum atomic E-state index is 5.77. The lowest BCUT2D eigenvalue weighted by Crippen LogP contribution is -2.03. The largest absolute Gasteiger partial charge is 0.309 e. The Morgan fingerprint density at radius 1 is 0.361 bits per heavy atom. The van der Waals surface area contributed by atoms with Crippen molar-refractivity contribution in [2.75, 3.05) is 0 Å². The highest BCUT2D eigenvalue weighted by molar-refractivity contribution is 7.26. The van der Waals surface area contributed by atoms with Crippen molar-refractivity contribution in [2.24, 2.45) is 0 Å². The molecule has 4 nitrogen and oxygen atoms in total. The Balaban J connectivity index is 1.17. The van der Waals surface area contributed by atoms with Crippen molar-refractivity contribution in [1.82, 2.24) is 19.1 Å². The fraction of sp³-hybridized carbons (Fsp3) is 0. The number of hydrogen-bond acceptors (Lipinski definition) is 3. The molecular formula is C56H32N4S. The normalized spacial score (nSPS) is 12.3. The first-order valence-electron chi connectivity index (χ1n) is 20.8. The molecule has 4 heterocycles. The maximum absolute atomic E-state index is 5.77. The Labute approximate surface area is 352 Å². The van der Waals surface area contributed by atoms with Gasteiger partial charge >= 0.3 is 0 Å². The molecule has 0 aliphatic heterocycles. The summed E-state index contributed by atoms with van der Waals surface area (Å²) in [7, 11) is 0. The number of aromatic nitrogens is 4. The van der Waals surface area contributed by atoms with E-state index in [9.17, 15) is 0 Å². The van der Waals surface area contributed by atoms with Crippen LogP contribution in [0.25, 0.3) is 130 Å². The van der Waals surface area contributed by atoms with Crippen molar-refractivity contribution >= 4 is 118 Å². The fourth-order valence-corrected chi connectivity index (χ4v) is 11.5. The molecule has 0 unspecified atom stereocenters. The molecule has 282 valence electrons. The van der Waals surface area contributed by atoms with Crippen LogP contribution in [0.15, 0.2) is 194 Å². The molecule has 0 spiro atoms. The van der Waals surface area contributed by atoms with E-state index < -0.39 is 0 Å². The average molecular weight is 793 g/mol. The van der Waals surface area contributed by atoms with Crippen LogP contribution in [0.5, 0.6) is 0 Å². The summed E-state index contributed by atoms with van der Waals surface area (Å²) in [6, 6.07) is 70.5. The summed E-state index contributed by atoms with van der Waals surface area (Å²) < 4.78 is 7.00. The van der Waals surface area contributed by atoms with Crippen molar-refractivity contribution in [3.63, 3.8) is 0 Å². The lowest BCUT2D eigenvalue weighted by Gasteiger charge is -2.13. The summed E-state index contributed by atoms with van der Waals surface area (Å²) >= 11 is 1.78. The zero-order valence-electron chi connectivity index (χ0n) is 32.7. The molecule has 14 rings (SSSR count). The number of benzene rings is 10. The van der Waals surface area contributed by atoms with Gasteiger partial charge in [-0.15, -0.1) is 11.3 Å². The molecule has 5 heteroatoms. The van der Waals surface area contributed by atoms with E-state index in [2.05, 4.69) is 203 Å². The standard InChI is InChI=1S/C56H32N4S/c1-2-17-35(18-3-1)59-45-26-12-10-23-41(45)50-43(25-14-27-46(50)59)54-55-53(42-24-11-13-28-49(42)61-55)57-56(58-54)60-47-30-29-40-38-21-7-6-19-36(38)37-20-8-9-22-39(37)51(40)52(47)44-31-33-15-4-5-16-34(33)32-48(44)60/h1-32H. The molecule has 0 radical (unpaired) electrons. The van der Waals surface area contributed by atoms with E-state index in [4.69, 9.17) is 9.97 Å². The molecule has 0 bridgehead atoms. The van der Waals surface area contributed by atoms with Crippen LogP contribution in [0.3, 0.4) is 0 Å². The van der Waals surface area contributed by atoms with Crippen molar-refractivity contribution in [3.8, 4) is 22.9 Å². The molecular weight excluding hydrogens is 761 g/mol. The Hall–Kier alpha value is -7.86. The van der Waals surface area contributed by atoms with Gasteiger partial charge in [0.2, 0.25) is 5.95 Å². The van der Waals surface area contributed by atoms with E-state index in [1.54, 1.807) is 11.3 Å². The molecule has 0 atom stereocenters. The Bertz CT molecular complexity index is 4140. The molecule has 10 aromatic carbocycles. The molecule has 0 aliphatic rings. The maximum Gasteiger partial charge on any atom is 0.235 e. The van der Waals surface area contributed by atoms with Crippen molar-refractivity contribution in [1.29, 1.82) is 0 Å². The number of thiophene rings is 1. The smallest absolute Gasteiger partial charge is 0.235 e. The van der Waals surface area contributed by atoms with Gasteiger partial charge in [0.25, 0.3) is 0 Å². The van der Waals surface area contributed by atoms with Crippen LogP contribution in [0.1, 0.15) is 0 Å². The molecule has 61 heavy (non-hydrogen) atoms. The van der Waals surface area contributed by atoms with Gasteiger partial charge in [-0.3, -0.25) is 4.57 Å². The number of rotatable bonds is 3. The van der Waals surface area contributed by atoms with Gasteiger partial charge < -0.3 is 4.57 Å². The minimum Gasteiger partial charge on any atom is -0.309 e. The Morgan fingerprint density at radius 2 is 0.967 bits per heavy atom. The lowest BCUT2D eigenvalue weighted by atomic mass is 9.91. The van der Waals surface area contributed by atoms with Gasteiger partial charge in [-0.2, -0.15) is 0 Å². The molecule has 0 aliphatic carbocycles. The van der Waals surface area contributed by atoms with E-state index in [0.29, 0.717) is 5.95 Å². The van der Waals surface area contributed by atoms with E-state index in [-0.39, 0.29) is 0 Å². The van der Waals surface area contributed by atoms with Gasteiger partial charge in [-0.05, 0) is 86.2 Å². The van der Waals surface area contributed by atoms with Crippen molar-refractivity contribution in [2.45, 2.75) is 0 Å². The second-order valence-corrected chi connectivity index (χ2v) is 17.1.